The van der Waals surface area contributed by atoms with Crippen LogP contribution in [-0.4, -0.2) is 27.0 Å². The number of hydrogen-bond donors (Lipinski definition) is 0. The molecule has 1 aromatic rings. The number of alkyl halides is 2. The van der Waals surface area contributed by atoms with Crippen LogP contribution in [0, 0.1) is 0 Å². The van der Waals surface area contributed by atoms with E-state index in [1.807, 2.05) is 6.08 Å². The molecule has 1 heterocycles. The van der Waals surface area contributed by atoms with Gasteiger partial charge in [-0.1, -0.05) is 56.1 Å². The number of fused-ring (bicyclic) bond motifs is 1. The van der Waals surface area contributed by atoms with Gasteiger partial charge in [0, 0.05) is 5.33 Å². The van der Waals surface area contributed by atoms with Gasteiger partial charge >= 0.3 is 0 Å². The molecule has 1 aliphatic rings. The van der Waals surface area contributed by atoms with E-state index >= 15 is 0 Å². The second kappa shape index (κ2) is 5.14. The van der Waals surface area contributed by atoms with Crippen LogP contribution in [0.3, 0.4) is 0 Å². The Balaban J connectivity index is 2.33. The maximum Gasteiger partial charge on any atom is 0.262 e. The van der Waals surface area contributed by atoms with Crippen LogP contribution in [0.5, 0.6) is 0 Å². The highest BCUT2D eigenvalue weighted by Crippen LogP contribution is 2.26. The molecule has 1 aliphatic heterocycles. The summed E-state index contributed by atoms with van der Waals surface area (Å²) in [6.07, 6.45) is 3.60. The van der Waals surface area contributed by atoms with E-state index in [1.54, 1.807) is 30.3 Å². The zero-order valence-electron chi connectivity index (χ0n) is 8.77. The first kappa shape index (κ1) is 12.5. The number of allylic oxidation sites excluding steroid dienone is 1. The third-order valence-corrected chi connectivity index (χ3v) is 3.54. The zero-order valence-corrected chi connectivity index (χ0v) is 11.9. The summed E-state index contributed by atoms with van der Waals surface area (Å²) in [5.41, 5.74) is 0.934. The van der Waals surface area contributed by atoms with Crippen LogP contribution in [0.15, 0.2) is 36.4 Å². The molecule has 0 aliphatic carbocycles. The third kappa shape index (κ3) is 2.21. The van der Waals surface area contributed by atoms with Crippen molar-refractivity contribution in [2.24, 2.45) is 0 Å². The normalized spacial score (nSPS) is 16.7. The standard InChI is InChI=1S/C12H9Br2NO2/c13-7-3-6-10(14)15-11(16)8-4-1-2-5-9(8)12(15)17/h1-6,10H,7H2/b6-3+. The molecule has 2 amide bonds. The average Bonchev–Trinajstić information content (AvgIpc) is 2.60. The van der Waals surface area contributed by atoms with E-state index in [0.29, 0.717) is 16.5 Å². The zero-order chi connectivity index (χ0) is 12.4. The third-order valence-electron chi connectivity index (χ3n) is 2.46. The number of halogens is 2. The monoisotopic (exact) mass is 357 g/mol. The minimum absolute atomic E-state index is 0.258. The largest absolute Gasteiger partial charge is 0.269 e. The summed E-state index contributed by atoms with van der Waals surface area (Å²) in [7, 11) is 0. The summed E-state index contributed by atoms with van der Waals surface area (Å²) in [5.74, 6) is -0.515. The van der Waals surface area contributed by atoms with E-state index in [0.717, 1.165) is 0 Å². The maximum absolute atomic E-state index is 12.0. The summed E-state index contributed by atoms with van der Waals surface area (Å²) >= 11 is 6.57. The van der Waals surface area contributed by atoms with Crippen LogP contribution >= 0.6 is 31.9 Å². The van der Waals surface area contributed by atoms with Crippen molar-refractivity contribution in [3.63, 3.8) is 0 Å². The Hall–Kier alpha value is -0.940. The van der Waals surface area contributed by atoms with Crippen LogP contribution in [0.25, 0.3) is 0 Å². The van der Waals surface area contributed by atoms with Gasteiger partial charge in [0.1, 0.15) is 4.95 Å². The molecule has 0 fully saturated rings. The highest BCUT2D eigenvalue weighted by molar-refractivity contribution is 9.09. The number of amides is 2. The Morgan fingerprint density at radius 2 is 1.71 bits per heavy atom. The van der Waals surface area contributed by atoms with Gasteiger partial charge in [-0.3, -0.25) is 14.5 Å². The SMILES string of the molecule is O=C1c2ccccc2C(=O)N1C(Br)/C=C/CBr. The lowest BCUT2D eigenvalue weighted by molar-refractivity contribution is 0.0660. The van der Waals surface area contributed by atoms with Crippen molar-refractivity contribution in [2.75, 3.05) is 5.33 Å². The minimum Gasteiger partial charge on any atom is -0.269 e. The van der Waals surface area contributed by atoms with Gasteiger partial charge in [-0.2, -0.15) is 0 Å². The van der Waals surface area contributed by atoms with Gasteiger partial charge in [0.05, 0.1) is 11.1 Å². The molecule has 17 heavy (non-hydrogen) atoms. The van der Waals surface area contributed by atoms with Crippen molar-refractivity contribution >= 4 is 43.7 Å². The van der Waals surface area contributed by atoms with Crippen LogP contribution in [0.4, 0.5) is 0 Å². The predicted octanol–water partition coefficient (Wildman–Crippen LogP) is 2.95. The number of benzene rings is 1. The fraction of sp³-hybridized carbons (Fsp3) is 0.167. The first-order valence-electron chi connectivity index (χ1n) is 5.00. The van der Waals surface area contributed by atoms with E-state index in [1.165, 1.54) is 4.90 Å². The van der Waals surface area contributed by atoms with Gasteiger partial charge in [0.2, 0.25) is 0 Å². The summed E-state index contributed by atoms with van der Waals surface area (Å²) in [6.45, 7) is 0. The molecule has 1 atom stereocenters. The quantitative estimate of drug-likeness (QED) is 0.360. The van der Waals surface area contributed by atoms with Crippen LogP contribution < -0.4 is 0 Å². The van der Waals surface area contributed by atoms with Crippen LogP contribution in [0.1, 0.15) is 20.7 Å². The molecule has 5 heteroatoms. The average molecular weight is 359 g/mol. The highest BCUT2D eigenvalue weighted by Gasteiger charge is 2.37. The highest BCUT2D eigenvalue weighted by atomic mass is 79.9. The predicted molar refractivity (Wildman–Crippen MR) is 72.6 cm³/mol. The summed E-state index contributed by atoms with van der Waals surface area (Å²) in [5, 5.41) is 0.679. The molecule has 0 spiro atoms. The van der Waals surface area contributed by atoms with E-state index in [9.17, 15) is 9.59 Å². The molecule has 0 saturated carbocycles. The molecule has 3 nitrogen and oxygen atoms in total. The minimum atomic E-state index is -0.410. The molecular weight excluding hydrogens is 350 g/mol. The second-order valence-corrected chi connectivity index (χ2v) is 5.07. The molecule has 0 N–H and O–H groups in total. The smallest absolute Gasteiger partial charge is 0.262 e. The number of imide groups is 1. The first-order valence-corrected chi connectivity index (χ1v) is 7.04. The number of carbonyl (C=O) groups excluding carboxylic acids is 2. The van der Waals surface area contributed by atoms with Gasteiger partial charge in [0.25, 0.3) is 11.8 Å². The molecule has 1 unspecified atom stereocenters. The van der Waals surface area contributed by atoms with Gasteiger partial charge in [-0.15, -0.1) is 0 Å². The first-order chi connectivity index (χ1) is 8.16. The van der Waals surface area contributed by atoms with Gasteiger partial charge < -0.3 is 0 Å². The van der Waals surface area contributed by atoms with E-state index in [-0.39, 0.29) is 11.8 Å². The number of hydrogen-bond acceptors (Lipinski definition) is 2. The topological polar surface area (TPSA) is 37.4 Å². The van der Waals surface area contributed by atoms with Crippen molar-refractivity contribution < 1.29 is 9.59 Å². The lowest BCUT2D eigenvalue weighted by Crippen LogP contribution is -2.35. The Kier molecular flexibility index (Phi) is 3.79. The molecule has 0 saturated heterocycles. The Morgan fingerprint density at radius 3 is 2.18 bits per heavy atom. The van der Waals surface area contributed by atoms with Crippen molar-refractivity contribution in [2.45, 2.75) is 4.95 Å². The Labute approximate surface area is 116 Å². The van der Waals surface area contributed by atoms with Crippen molar-refractivity contribution in [1.82, 2.24) is 4.90 Å². The molecule has 1 aromatic carbocycles. The van der Waals surface area contributed by atoms with E-state index < -0.39 is 4.95 Å². The molecule has 0 aromatic heterocycles. The number of carbonyl (C=O) groups is 2. The number of nitrogens with zero attached hydrogens (tertiary/aromatic N) is 1. The molecule has 0 bridgehead atoms. The van der Waals surface area contributed by atoms with Crippen molar-refractivity contribution in [3.05, 3.63) is 47.5 Å². The second-order valence-electron chi connectivity index (χ2n) is 3.48. The van der Waals surface area contributed by atoms with Gasteiger partial charge in [0.15, 0.2) is 0 Å². The van der Waals surface area contributed by atoms with Gasteiger partial charge in [-0.25, -0.2) is 0 Å². The van der Waals surface area contributed by atoms with E-state index in [4.69, 9.17) is 0 Å². The molecule has 88 valence electrons. The molecular formula is C12H9Br2NO2. The summed E-state index contributed by atoms with van der Waals surface area (Å²) in [6, 6.07) is 6.85. The lowest BCUT2D eigenvalue weighted by Gasteiger charge is -2.17. The Morgan fingerprint density at radius 1 is 1.18 bits per heavy atom. The summed E-state index contributed by atoms with van der Waals surface area (Å²) < 4.78 is 0. The molecule has 2 rings (SSSR count). The fourth-order valence-electron chi connectivity index (χ4n) is 1.68. The fourth-order valence-corrected chi connectivity index (χ4v) is 2.49. The Bertz CT molecular complexity index is 464. The molecule has 0 radical (unpaired) electrons. The number of rotatable bonds is 3. The van der Waals surface area contributed by atoms with Crippen LogP contribution in [-0.2, 0) is 0 Å². The van der Waals surface area contributed by atoms with Crippen molar-refractivity contribution in [1.29, 1.82) is 0 Å². The van der Waals surface area contributed by atoms with Crippen LogP contribution in [0.2, 0.25) is 0 Å². The lowest BCUT2D eigenvalue weighted by atomic mass is 10.1. The van der Waals surface area contributed by atoms with E-state index in [2.05, 4.69) is 31.9 Å². The van der Waals surface area contributed by atoms with Gasteiger partial charge in [-0.05, 0) is 12.1 Å². The summed E-state index contributed by atoms with van der Waals surface area (Å²) in [4.78, 5) is 24.9. The maximum atomic E-state index is 12.0. The van der Waals surface area contributed by atoms with Crippen molar-refractivity contribution in [3.8, 4) is 0 Å².